The summed E-state index contributed by atoms with van der Waals surface area (Å²) >= 11 is 0. The monoisotopic (exact) mass is 1030 g/mol. The van der Waals surface area contributed by atoms with Crippen molar-refractivity contribution < 1.29 is 81.3 Å². The Morgan fingerprint density at radius 2 is 0.778 bits per heavy atom. The molecule has 4 N–H and O–H groups in total. The second kappa shape index (κ2) is 19.9. The van der Waals surface area contributed by atoms with Gasteiger partial charge in [-0.3, -0.25) is 29.8 Å². The lowest BCUT2D eigenvalue weighted by molar-refractivity contribution is -0.145. The van der Waals surface area contributed by atoms with Crippen LogP contribution in [0.5, 0.6) is 0 Å². The van der Waals surface area contributed by atoms with Gasteiger partial charge in [-0.05, 0) is 98.2 Å². The molecular formula is C50H48F12N4O6. The average Bonchev–Trinajstić information content (AvgIpc) is 3.77. The lowest BCUT2D eigenvalue weighted by Crippen LogP contribution is -2.57. The van der Waals surface area contributed by atoms with Gasteiger partial charge in [-0.25, -0.2) is 0 Å². The summed E-state index contributed by atoms with van der Waals surface area (Å²) in [6, 6.07) is 20.9. The molecule has 4 saturated heterocycles. The van der Waals surface area contributed by atoms with Gasteiger partial charge in [0.25, 0.3) is 0 Å². The van der Waals surface area contributed by atoms with Crippen LogP contribution in [0.2, 0.25) is 0 Å². The van der Waals surface area contributed by atoms with Crippen LogP contribution in [0.15, 0.2) is 97.1 Å². The number of hydrogen-bond acceptors (Lipinski definition) is 8. The second-order valence-corrected chi connectivity index (χ2v) is 18.9. The number of halogens is 12. The highest BCUT2D eigenvalue weighted by molar-refractivity contribution is 6.06. The Hall–Kier alpha value is -5.84. The maximum atomic E-state index is 13.3. The summed E-state index contributed by atoms with van der Waals surface area (Å²) in [6.07, 6.45) is -20.5. The minimum Gasteiger partial charge on any atom is -0.372 e. The summed E-state index contributed by atoms with van der Waals surface area (Å²) in [6.45, 7) is 2.95. The van der Waals surface area contributed by atoms with Crippen molar-refractivity contribution >= 4 is 23.6 Å². The maximum absolute atomic E-state index is 13.3. The molecule has 4 aromatic carbocycles. The number of carbonyl (C=O) groups excluding carboxylic acids is 4. The third kappa shape index (κ3) is 11.7. The zero-order valence-corrected chi connectivity index (χ0v) is 38.4. The highest BCUT2D eigenvalue weighted by Crippen LogP contribution is 2.46. The standard InChI is InChI=1S/2C25H24F6N2O3/c2*1-15(16-9-18(24(26,27)28)11-19(10-16)25(29,30)31)36-14-23(17-5-3-2-4-6-17)8-7-22(13-32-23)12-20(34)33-21(22)35/h2*2-6,9-11,15,32H,7-8,12-14H2,1H3,(H,33,34,35)/t2*15-,22?,23-/m11/s1. The lowest BCUT2D eigenvalue weighted by atomic mass is 9.71. The molecule has 4 aliphatic rings. The van der Waals surface area contributed by atoms with Gasteiger partial charge in [0.05, 0.1) is 69.6 Å². The molecule has 22 heteroatoms. The van der Waals surface area contributed by atoms with Crippen LogP contribution in [0, 0.1) is 10.8 Å². The molecule has 2 spiro atoms. The highest BCUT2D eigenvalue weighted by atomic mass is 19.4. The van der Waals surface area contributed by atoms with E-state index < -0.39 is 81.1 Å². The van der Waals surface area contributed by atoms with Crippen LogP contribution in [-0.4, -0.2) is 49.9 Å². The molecule has 4 aliphatic heterocycles. The first kappa shape index (κ1) is 53.9. The number of imide groups is 2. The predicted octanol–water partition coefficient (Wildman–Crippen LogP) is 10.2. The van der Waals surface area contributed by atoms with Crippen molar-refractivity contribution in [3.05, 3.63) is 142 Å². The molecule has 2 unspecified atom stereocenters. The lowest BCUT2D eigenvalue weighted by Gasteiger charge is -2.45. The third-order valence-corrected chi connectivity index (χ3v) is 14.0. The molecule has 4 heterocycles. The predicted molar refractivity (Wildman–Crippen MR) is 233 cm³/mol. The number of amides is 4. The Morgan fingerprint density at radius 1 is 0.472 bits per heavy atom. The molecule has 0 aliphatic carbocycles. The number of nitrogens with one attached hydrogen (secondary N) is 4. The van der Waals surface area contributed by atoms with Crippen LogP contribution >= 0.6 is 0 Å². The van der Waals surface area contributed by atoms with Crippen molar-refractivity contribution in [3.63, 3.8) is 0 Å². The first-order chi connectivity index (χ1) is 33.5. The molecule has 0 saturated carbocycles. The summed E-state index contributed by atoms with van der Waals surface area (Å²) in [4.78, 5) is 48.4. The summed E-state index contributed by atoms with van der Waals surface area (Å²) < 4.78 is 171. The van der Waals surface area contributed by atoms with Gasteiger partial charge in [0.15, 0.2) is 0 Å². The Morgan fingerprint density at radius 3 is 1.01 bits per heavy atom. The smallest absolute Gasteiger partial charge is 0.372 e. The fraction of sp³-hybridized carbons (Fsp3) is 0.440. The van der Waals surface area contributed by atoms with Gasteiger partial charge >= 0.3 is 24.7 Å². The minimum atomic E-state index is -4.96. The van der Waals surface area contributed by atoms with Crippen LogP contribution in [0.4, 0.5) is 52.7 Å². The van der Waals surface area contributed by atoms with E-state index >= 15 is 0 Å². The number of hydrogen-bond donors (Lipinski definition) is 4. The van der Waals surface area contributed by atoms with Gasteiger partial charge in [0.2, 0.25) is 23.6 Å². The van der Waals surface area contributed by atoms with Gasteiger partial charge in [-0.1, -0.05) is 60.7 Å². The molecule has 72 heavy (non-hydrogen) atoms. The van der Waals surface area contributed by atoms with E-state index in [1.165, 1.54) is 13.8 Å². The Kier molecular flexibility index (Phi) is 14.9. The van der Waals surface area contributed by atoms with E-state index in [-0.39, 0.29) is 86.0 Å². The van der Waals surface area contributed by atoms with Crippen LogP contribution in [0.1, 0.15) is 109 Å². The van der Waals surface area contributed by atoms with E-state index in [1.54, 1.807) is 36.4 Å². The van der Waals surface area contributed by atoms with Gasteiger partial charge in [-0.15, -0.1) is 0 Å². The Bertz CT molecular complexity index is 2390. The summed E-state index contributed by atoms with van der Waals surface area (Å²) in [5.74, 6) is -1.44. The molecule has 10 nitrogen and oxygen atoms in total. The van der Waals surface area contributed by atoms with Crippen molar-refractivity contribution in [3.8, 4) is 0 Å². The second-order valence-electron chi connectivity index (χ2n) is 18.9. The molecule has 0 bridgehead atoms. The first-order valence-electron chi connectivity index (χ1n) is 22.6. The average molecular weight is 1030 g/mol. The normalized spacial score (nSPS) is 25.8. The quantitative estimate of drug-likeness (QED) is 0.0912. The Balaban J connectivity index is 0.000000211. The van der Waals surface area contributed by atoms with E-state index in [4.69, 9.17) is 9.47 Å². The zero-order valence-electron chi connectivity index (χ0n) is 38.4. The van der Waals surface area contributed by atoms with E-state index in [1.807, 2.05) is 24.3 Å². The summed E-state index contributed by atoms with van der Waals surface area (Å²) in [5, 5.41) is 11.3. The number of alkyl halides is 12. The van der Waals surface area contributed by atoms with Gasteiger partial charge in [0.1, 0.15) is 0 Å². The number of piperidine rings is 2. The molecule has 8 rings (SSSR count). The molecule has 4 fully saturated rings. The van der Waals surface area contributed by atoms with Gasteiger partial charge in [-0.2, -0.15) is 52.7 Å². The topological polar surface area (TPSA) is 135 Å². The third-order valence-electron chi connectivity index (χ3n) is 14.0. The number of rotatable bonds is 10. The van der Waals surface area contributed by atoms with Crippen LogP contribution in [-0.2, 0) is 64.4 Å². The van der Waals surface area contributed by atoms with Crippen molar-refractivity contribution in [1.29, 1.82) is 0 Å². The Labute approximate surface area is 404 Å². The molecule has 0 aromatic heterocycles. The van der Waals surface area contributed by atoms with E-state index in [9.17, 15) is 71.9 Å². The molecule has 4 aromatic rings. The maximum Gasteiger partial charge on any atom is 0.416 e. The number of ether oxygens (including phenoxy) is 2. The van der Waals surface area contributed by atoms with Crippen LogP contribution in [0.3, 0.4) is 0 Å². The van der Waals surface area contributed by atoms with Crippen molar-refractivity contribution in [2.45, 2.75) is 100 Å². The van der Waals surface area contributed by atoms with Crippen molar-refractivity contribution in [2.24, 2.45) is 10.8 Å². The molecule has 388 valence electrons. The summed E-state index contributed by atoms with van der Waals surface area (Å²) in [5.41, 5.74) is -8.08. The highest BCUT2D eigenvalue weighted by Gasteiger charge is 2.54. The fourth-order valence-corrected chi connectivity index (χ4v) is 9.58. The summed E-state index contributed by atoms with van der Waals surface area (Å²) in [7, 11) is 0. The van der Waals surface area contributed by atoms with Crippen LogP contribution < -0.4 is 21.3 Å². The van der Waals surface area contributed by atoms with Crippen molar-refractivity contribution in [2.75, 3.05) is 26.3 Å². The number of carbonyl (C=O) groups is 4. The first-order valence-corrected chi connectivity index (χ1v) is 22.6. The molecular weight excluding hydrogens is 981 g/mol. The zero-order chi connectivity index (χ0) is 52.7. The van der Waals surface area contributed by atoms with Gasteiger partial charge in [0, 0.05) is 25.9 Å². The van der Waals surface area contributed by atoms with Crippen molar-refractivity contribution in [1.82, 2.24) is 21.3 Å². The minimum absolute atomic E-state index is 0.0470. The fourth-order valence-electron chi connectivity index (χ4n) is 9.58. The van der Waals surface area contributed by atoms with Crippen LogP contribution in [0.25, 0.3) is 0 Å². The molecule has 0 radical (unpaired) electrons. The van der Waals surface area contributed by atoms with E-state index in [0.29, 0.717) is 49.9 Å². The molecule has 4 amide bonds. The molecule has 6 atom stereocenters. The van der Waals surface area contributed by atoms with E-state index in [0.717, 1.165) is 11.1 Å². The van der Waals surface area contributed by atoms with Gasteiger partial charge < -0.3 is 20.1 Å². The van der Waals surface area contributed by atoms with E-state index in [2.05, 4.69) is 21.3 Å². The largest absolute Gasteiger partial charge is 0.416 e. The SMILES string of the molecule is C[C@@H](OC[C@@]1(c2ccccc2)CCC2(CN1)CC(=O)NC2=O)c1cc(C(F)(F)F)cc(C(F)(F)F)c1.C[C@@H](OC[C@@]1(c2ccccc2)CCC2(CN1)CC(=O)NC2=O)c1cc(C(F)(F)F)cc(C(F)(F)F)c1. The number of benzene rings is 4.